The van der Waals surface area contributed by atoms with E-state index < -0.39 is 0 Å². The summed E-state index contributed by atoms with van der Waals surface area (Å²) in [6, 6.07) is -0.765. The van der Waals surface area contributed by atoms with Gasteiger partial charge in [0.1, 0.15) is 12.1 Å². The Morgan fingerprint density at radius 1 is 1.38 bits per heavy atom. The highest BCUT2D eigenvalue weighted by Gasteiger charge is 2.40. The topological polar surface area (TPSA) is 67.2 Å². The Kier molecular flexibility index (Phi) is 4.65. The monoisotopic (exact) mass is 292 g/mol. The van der Waals surface area contributed by atoms with Gasteiger partial charge in [0, 0.05) is 19.8 Å². The second kappa shape index (κ2) is 6.28. The van der Waals surface area contributed by atoms with Crippen LogP contribution in [-0.4, -0.2) is 45.1 Å². The third-order valence-corrected chi connectivity index (χ3v) is 3.94. The van der Waals surface area contributed by atoms with E-state index in [1.54, 1.807) is 15.8 Å². The van der Waals surface area contributed by atoms with Crippen LogP contribution in [0.2, 0.25) is 0 Å². The van der Waals surface area contributed by atoms with Gasteiger partial charge in [-0.25, -0.2) is 0 Å². The molecule has 116 valence electrons. The first-order valence-electron chi connectivity index (χ1n) is 7.52. The van der Waals surface area contributed by atoms with Crippen molar-refractivity contribution < 1.29 is 9.59 Å². The normalized spacial score (nSPS) is 22.8. The van der Waals surface area contributed by atoms with Crippen LogP contribution in [0, 0.1) is 5.92 Å². The van der Waals surface area contributed by atoms with Crippen molar-refractivity contribution in [1.82, 2.24) is 20.0 Å². The molecule has 0 aromatic carbocycles. The van der Waals surface area contributed by atoms with Gasteiger partial charge in [0.25, 0.3) is 0 Å². The highest BCUT2D eigenvalue weighted by molar-refractivity contribution is 5.97. The average molecular weight is 292 g/mol. The van der Waals surface area contributed by atoms with Crippen molar-refractivity contribution in [2.75, 3.05) is 6.54 Å². The van der Waals surface area contributed by atoms with E-state index in [0.717, 1.165) is 5.56 Å². The fourth-order valence-electron chi connectivity index (χ4n) is 2.84. The number of carbonyl (C=O) groups is 2. The number of aryl methyl sites for hydroxylation is 1. The van der Waals surface area contributed by atoms with Crippen molar-refractivity contribution in [3.63, 3.8) is 0 Å². The number of rotatable bonds is 5. The van der Waals surface area contributed by atoms with Gasteiger partial charge in [0.05, 0.1) is 6.20 Å². The van der Waals surface area contributed by atoms with Crippen molar-refractivity contribution in [2.45, 2.75) is 45.7 Å². The smallest absolute Gasteiger partial charge is 0.245 e. The first-order valence-corrected chi connectivity index (χ1v) is 7.52. The fraction of sp³-hybridized carbons (Fsp3) is 0.667. The van der Waals surface area contributed by atoms with E-state index in [4.69, 9.17) is 0 Å². The minimum Gasteiger partial charge on any atom is -0.343 e. The van der Waals surface area contributed by atoms with Gasteiger partial charge in [0.2, 0.25) is 11.8 Å². The van der Waals surface area contributed by atoms with Gasteiger partial charge in [-0.1, -0.05) is 20.8 Å². The fourth-order valence-corrected chi connectivity index (χ4v) is 2.84. The van der Waals surface area contributed by atoms with E-state index in [-0.39, 0.29) is 29.8 Å². The Hall–Kier alpha value is -1.85. The predicted molar refractivity (Wildman–Crippen MR) is 79.5 cm³/mol. The molecular weight excluding hydrogens is 268 g/mol. The third kappa shape index (κ3) is 3.25. The van der Waals surface area contributed by atoms with Gasteiger partial charge in [-0.05, 0) is 24.3 Å². The summed E-state index contributed by atoms with van der Waals surface area (Å²) in [4.78, 5) is 26.5. The van der Waals surface area contributed by atoms with Gasteiger partial charge in [0.15, 0.2) is 0 Å². The maximum Gasteiger partial charge on any atom is 0.245 e. The van der Waals surface area contributed by atoms with Crippen LogP contribution in [0.3, 0.4) is 0 Å². The van der Waals surface area contributed by atoms with Crippen LogP contribution in [0.4, 0.5) is 0 Å². The molecule has 1 N–H and O–H groups in total. The molecule has 0 saturated carbocycles. The maximum atomic E-state index is 12.5. The average Bonchev–Trinajstić information content (AvgIpc) is 2.84. The molecule has 0 bridgehead atoms. The van der Waals surface area contributed by atoms with E-state index in [0.29, 0.717) is 19.4 Å². The Morgan fingerprint density at radius 2 is 2.10 bits per heavy atom. The standard InChI is InChI=1S/C15H24N4O2/c1-5-12-15(21)19(13(10(2)3)14(20)17-12)7-6-11-8-16-18(4)9-11/h8-10,12-13H,5-7H2,1-4H3,(H,17,20). The molecule has 1 saturated heterocycles. The first kappa shape index (κ1) is 15.5. The van der Waals surface area contributed by atoms with E-state index in [2.05, 4.69) is 10.4 Å². The number of hydrogen-bond donors (Lipinski definition) is 1. The number of aromatic nitrogens is 2. The molecule has 0 radical (unpaired) electrons. The van der Waals surface area contributed by atoms with E-state index in [1.165, 1.54) is 0 Å². The molecule has 2 rings (SSSR count). The molecule has 0 spiro atoms. The second-order valence-electron chi connectivity index (χ2n) is 5.96. The van der Waals surface area contributed by atoms with E-state index in [9.17, 15) is 9.59 Å². The summed E-state index contributed by atoms with van der Waals surface area (Å²) < 4.78 is 1.74. The van der Waals surface area contributed by atoms with Gasteiger partial charge in [-0.3, -0.25) is 14.3 Å². The number of piperazine rings is 1. The minimum absolute atomic E-state index is 0.0275. The molecule has 2 unspecified atom stereocenters. The van der Waals surface area contributed by atoms with Crippen molar-refractivity contribution in [2.24, 2.45) is 13.0 Å². The Labute approximate surface area is 125 Å². The van der Waals surface area contributed by atoms with Crippen LogP contribution < -0.4 is 5.32 Å². The lowest BCUT2D eigenvalue weighted by atomic mass is 9.96. The molecule has 21 heavy (non-hydrogen) atoms. The summed E-state index contributed by atoms with van der Waals surface area (Å²) in [6.45, 7) is 6.41. The van der Waals surface area contributed by atoms with Crippen LogP contribution in [0.1, 0.15) is 32.8 Å². The number of carbonyl (C=O) groups excluding carboxylic acids is 2. The number of hydrogen-bond acceptors (Lipinski definition) is 3. The Morgan fingerprint density at radius 3 is 2.62 bits per heavy atom. The van der Waals surface area contributed by atoms with Crippen molar-refractivity contribution in [1.29, 1.82) is 0 Å². The summed E-state index contributed by atoms with van der Waals surface area (Å²) in [5.74, 6) is 0.0861. The second-order valence-corrected chi connectivity index (χ2v) is 5.96. The van der Waals surface area contributed by atoms with E-state index in [1.807, 2.05) is 34.0 Å². The van der Waals surface area contributed by atoms with Crippen molar-refractivity contribution in [3.05, 3.63) is 18.0 Å². The molecule has 1 aliphatic rings. The van der Waals surface area contributed by atoms with Crippen molar-refractivity contribution >= 4 is 11.8 Å². The zero-order valence-corrected chi connectivity index (χ0v) is 13.2. The molecule has 6 heteroatoms. The Bertz CT molecular complexity index is 523. The molecule has 6 nitrogen and oxygen atoms in total. The molecule has 1 aromatic rings. The molecular formula is C15H24N4O2. The quantitative estimate of drug-likeness (QED) is 0.870. The van der Waals surface area contributed by atoms with E-state index >= 15 is 0 Å². The summed E-state index contributed by atoms with van der Waals surface area (Å²) in [5, 5.41) is 6.97. The van der Waals surface area contributed by atoms with Gasteiger partial charge >= 0.3 is 0 Å². The number of nitrogens with zero attached hydrogens (tertiary/aromatic N) is 3. The van der Waals surface area contributed by atoms with Gasteiger partial charge in [-0.15, -0.1) is 0 Å². The first-order chi connectivity index (χ1) is 9.93. The van der Waals surface area contributed by atoms with Crippen LogP contribution in [0.5, 0.6) is 0 Å². The molecule has 1 aromatic heterocycles. The summed E-state index contributed by atoms with van der Waals surface area (Å²) in [5.41, 5.74) is 1.08. The lowest BCUT2D eigenvalue weighted by Gasteiger charge is -2.40. The van der Waals surface area contributed by atoms with Gasteiger partial charge < -0.3 is 10.2 Å². The van der Waals surface area contributed by atoms with Crippen LogP contribution in [-0.2, 0) is 23.1 Å². The largest absolute Gasteiger partial charge is 0.343 e. The van der Waals surface area contributed by atoms with Crippen LogP contribution >= 0.6 is 0 Å². The number of nitrogens with one attached hydrogen (secondary N) is 1. The zero-order valence-electron chi connectivity index (χ0n) is 13.2. The molecule has 2 heterocycles. The molecule has 2 atom stereocenters. The number of amides is 2. The minimum atomic E-state index is -0.388. The maximum absolute atomic E-state index is 12.5. The highest BCUT2D eigenvalue weighted by atomic mass is 16.2. The predicted octanol–water partition coefficient (Wildman–Crippen LogP) is 0.724. The zero-order chi connectivity index (χ0) is 15.6. The Balaban J connectivity index is 2.13. The highest BCUT2D eigenvalue weighted by Crippen LogP contribution is 2.19. The SMILES string of the molecule is CCC1NC(=O)C(C(C)C)N(CCc2cnn(C)c2)C1=O. The lowest BCUT2D eigenvalue weighted by molar-refractivity contribution is -0.151. The lowest BCUT2D eigenvalue weighted by Crippen LogP contribution is -2.64. The summed E-state index contributed by atoms with van der Waals surface area (Å²) in [7, 11) is 1.87. The molecule has 1 fully saturated rings. The molecule has 2 amide bonds. The van der Waals surface area contributed by atoms with Gasteiger partial charge in [-0.2, -0.15) is 5.10 Å². The van der Waals surface area contributed by atoms with Crippen molar-refractivity contribution in [3.8, 4) is 0 Å². The third-order valence-electron chi connectivity index (χ3n) is 3.94. The summed E-state index contributed by atoms with van der Waals surface area (Å²) in [6.07, 6.45) is 5.08. The van der Waals surface area contributed by atoms with Crippen LogP contribution in [0.15, 0.2) is 12.4 Å². The van der Waals surface area contributed by atoms with Crippen LogP contribution in [0.25, 0.3) is 0 Å². The molecule has 1 aliphatic heterocycles. The molecule has 0 aliphatic carbocycles. The summed E-state index contributed by atoms with van der Waals surface area (Å²) >= 11 is 0.